The van der Waals surface area contributed by atoms with E-state index in [1.165, 1.54) is 56.6 Å². The maximum absolute atomic E-state index is 3.78. The van der Waals surface area contributed by atoms with Crippen LogP contribution in [0.4, 0.5) is 0 Å². The Morgan fingerprint density at radius 2 is 1.89 bits per heavy atom. The summed E-state index contributed by atoms with van der Waals surface area (Å²) >= 11 is 2.13. The van der Waals surface area contributed by atoms with E-state index in [0.29, 0.717) is 0 Å². The minimum absolute atomic E-state index is 0.883. The third-order valence-corrected chi connectivity index (χ3v) is 6.14. The fourth-order valence-electron chi connectivity index (χ4n) is 3.58. The van der Waals surface area contributed by atoms with E-state index in [1.807, 2.05) is 0 Å². The maximum Gasteiger partial charge on any atom is 0.00683 e. The van der Waals surface area contributed by atoms with Crippen LogP contribution in [-0.2, 0) is 0 Å². The van der Waals surface area contributed by atoms with Crippen molar-refractivity contribution < 1.29 is 0 Å². The molecule has 0 aliphatic heterocycles. The van der Waals surface area contributed by atoms with Gasteiger partial charge in [-0.3, -0.25) is 0 Å². The lowest BCUT2D eigenvalue weighted by atomic mass is 9.69. The van der Waals surface area contributed by atoms with Gasteiger partial charge in [0, 0.05) is 6.04 Å². The highest BCUT2D eigenvalue weighted by atomic mass is 32.2. The first kappa shape index (κ1) is 15.7. The topological polar surface area (TPSA) is 12.0 Å². The van der Waals surface area contributed by atoms with Gasteiger partial charge in [-0.25, -0.2) is 0 Å². The highest BCUT2D eigenvalue weighted by Gasteiger charge is 2.32. The van der Waals surface area contributed by atoms with Crippen molar-refractivity contribution in [3.63, 3.8) is 0 Å². The van der Waals surface area contributed by atoms with Gasteiger partial charge in [0.1, 0.15) is 0 Å². The van der Waals surface area contributed by atoms with Crippen molar-refractivity contribution in [2.24, 2.45) is 23.7 Å². The molecule has 0 heterocycles. The summed E-state index contributed by atoms with van der Waals surface area (Å²) in [4.78, 5) is 0. The Balaban J connectivity index is 1.79. The fraction of sp³-hybridized carbons (Fsp3) is 1.00. The molecule has 0 spiro atoms. The van der Waals surface area contributed by atoms with Crippen molar-refractivity contribution in [2.75, 3.05) is 18.1 Å². The van der Waals surface area contributed by atoms with E-state index >= 15 is 0 Å². The summed E-state index contributed by atoms with van der Waals surface area (Å²) in [5, 5.41) is 3.78. The van der Waals surface area contributed by atoms with Crippen LogP contribution in [0.1, 0.15) is 59.3 Å². The SMILES string of the molecule is CCSCCC1CC(C(C)C)CCC1CNC1CC1. The largest absolute Gasteiger partial charge is 0.314 e. The summed E-state index contributed by atoms with van der Waals surface area (Å²) in [5.41, 5.74) is 0. The number of thioether (sulfide) groups is 1. The summed E-state index contributed by atoms with van der Waals surface area (Å²) in [6.45, 7) is 8.43. The lowest BCUT2D eigenvalue weighted by molar-refractivity contribution is 0.142. The van der Waals surface area contributed by atoms with E-state index < -0.39 is 0 Å². The highest BCUT2D eigenvalue weighted by Crippen LogP contribution is 2.39. The second-order valence-corrected chi connectivity index (χ2v) is 8.40. The van der Waals surface area contributed by atoms with Crippen LogP contribution in [0.3, 0.4) is 0 Å². The van der Waals surface area contributed by atoms with Crippen LogP contribution >= 0.6 is 11.8 Å². The van der Waals surface area contributed by atoms with Gasteiger partial charge in [-0.1, -0.05) is 20.8 Å². The summed E-state index contributed by atoms with van der Waals surface area (Å²) in [6, 6.07) is 0.883. The molecule has 3 unspecified atom stereocenters. The lowest BCUT2D eigenvalue weighted by Crippen LogP contribution is -2.35. The Kier molecular flexibility index (Phi) is 6.55. The van der Waals surface area contributed by atoms with E-state index in [0.717, 1.165) is 29.7 Å². The van der Waals surface area contributed by atoms with Crippen molar-refractivity contribution in [1.82, 2.24) is 5.32 Å². The van der Waals surface area contributed by atoms with E-state index in [4.69, 9.17) is 0 Å². The van der Waals surface area contributed by atoms with Gasteiger partial charge in [0.05, 0.1) is 0 Å². The first-order valence-corrected chi connectivity index (χ1v) is 9.67. The fourth-order valence-corrected chi connectivity index (χ4v) is 4.33. The Morgan fingerprint density at radius 1 is 1.11 bits per heavy atom. The van der Waals surface area contributed by atoms with Gasteiger partial charge < -0.3 is 5.32 Å². The Hall–Kier alpha value is 0.310. The molecule has 0 radical (unpaired) electrons. The molecule has 2 aliphatic rings. The van der Waals surface area contributed by atoms with Gasteiger partial charge in [0.15, 0.2) is 0 Å². The average Bonchev–Trinajstić information content (AvgIpc) is 3.21. The first-order chi connectivity index (χ1) is 9.20. The number of rotatable bonds is 8. The zero-order valence-corrected chi connectivity index (χ0v) is 14.0. The van der Waals surface area contributed by atoms with Crippen LogP contribution in [0.5, 0.6) is 0 Å². The van der Waals surface area contributed by atoms with Gasteiger partial charge >= 0.3 is 0 Å². The van der Waals surface area contributed by atoms with Crippen molar-refractivity contribution in [2.45, 2.75) is 65.3 Å². The van der Waals surface area contributed by atoms with Gasteiger partial charge in [-0.2, -0.15) is 11.8 Å². The normalized spacial score (nSPS) is 31.9. The number of nitrogens with one attached hydrogen (secondary N) is 1. The average molecular weight is 284 g/mol. The number of hydrogen-bond donors (Lipinski definition) is 1. The minimum atomic E-state index is 0.883. The monoisotopic (exact) mass is 283 g/mol. The molecule has 2 aliphatic carbocycles. The van der Waals surface area contributed by atoms with Crippen LogP contribution < -0.4 is 5.32 Å². The van der Waals surface area contributed by atoms with Gasteiger partial charge in [-0.15, -0.1) is 0 Å². The summed E-state index contributed by atoms with van der Waals surface area (Å²) in [7, 11) is 0. The Morgan fingerprint density at radius 3 is 2.53 bits per heavy atom. The predicted molar refractivity (Wildman–Crippen MR) is 87.8 cm³/mol. The third-order valence-electron chi connectivity index (χ3n) is 5.21. The zero-order chi connectivity index (χ0) is 13.7. The van der Waals surface area contributed by atoms with Crippen molar-refractivity contribution >= 4 is 11.8 Å². The van der Waals surface area contributed by atoms with E-state index in [2.05, 4.69) is 37.8 Å². The van der Waals surface area contributed by atoms with Crippen LogP contribution in [0.15, 0.2) is 0 Å². The molecule has 0 aromatic carbocycles. The molecule has 19 heavy (non-hydrogen) atoms. The second-order valence-electron chi connectivity index (χ2n) is 7.01. The lowest BCUT2D eigenvalue weighted by Gasteiger charge is -2.38. The molecule has 0 amide bonds. The molecule has 0 aromatic heterocycles. The van der Waals surface area contributed by atoms with Gasteiger partial charge in [0.2, 0.25) is 0 Å². The van der Waals surface area contributed by atoms with E-state index in [-0.39, 0.29) is 0 Å². The van der Waals surface area contributed by atoms with Crippen LogP contribution in [0.25, 0.3) is 0 Å². The molecular weight excluding hydrogens is 250 g/mol. The molecule has 2 heteroatoms. The van der Waals surface area contributed by atoms with E-state index in [1.54, 1.807) is 0 Å². The quantitative estimate of drug-likeness (QED) is 0.655. The van der Waals surface area contributed by atoms with Crippen LogP contribution in [-0.4, -0.2) is 24.1 Å². The van der Waals surface area contributed by atoms with Crippen molar-refractivity contribution in [3.05, 3.63) is 0 Å². The third kappa shape index (κ3) is 5.30. The Labute approximate surface area is 124 Å². The molecule has 1 nitrogen and oxygen atoms in total. The molecule has 3 atom stereocenters. The van der Waals surface area contributed by atoms with Crippen LogP contribution in [0.2, 0.25) is 0 Å². The standard InChI is InChI=1S/C17H33NS/c1-4-19-10-9-15-11-14(13(2)3)5-6-16(15)12-18-17-7-8-17/h13-18H,4-12H2,1-3H3. The molecule has 2 saturated carbocycles. The molecule has 1 N–H and O–H groups in total. The van der Waals surface area contributed by atoms with Crippen molar-refractivity contribution in [1.29, 1.82) is 0 Å². The molecule has 112 valence electrons. The van der Waals surface area contributed by atoms with Gasteiger partial charge in [0.25, 0.3) is 0 Å². The molecule has 0 aromatic rings. The first-order valence-electron chi connectivity index (χ1n) is 8.51. The summed E-state index contributed by atoms with van der Waals surface area (Å²) in [6.07, 6.45) is 8.77. The molecular formula is C17H33NS. The molecule has 0 bridgehead atoms. The number of hydrogen-bond acceptors (Lipinski definition) is 2. The molecule has 2 fully saturated rings. The smallest absolute Gasteiger partial charge is 0.00683 e. The van der Waals surface area contributed by atoms with Gasteiger partial charge in [-0.05, 0) is 80.2 Å². The highest BCUT2D eigenvalue weighted by molar-refractivity contribution is 7.99. The molecule has 0 saturated heterocycles. The predicted octanol–water partition coefficient (Wildman–Crippen LogP) is 4.57. The summed E-state index contributed by atoms with van der Waals surface area (Å²) in [5.74, 6) is 6.50. The zero-order valence-electron chi connectivity index (χ0n) is 13.2. The van der Waals surface area contributed by atoms with Crippen molar-refractivity contribution in [3.8, 4) is 0 Å². The molecule has 2 rings (SSSR count). The summed E-state index contributed by atoms with van der Waals surface area (Å²) < 4.78 is 0. The van der Waals surface area contributed by atoms with E-state index in [9.17, 15) is 0 Å². The Bertz CT molecular complexity index is 250. The maximum atomic E-state index is 3.78. The minimum Gasteiger partial charge on any atom is -0.314 e. The van der Waals surface area contributed by atoms with Crippen LogP contribution in [0, 0.1) is 23.7 Å². The second kappa shape index (κ2) is 7.93.